The van der Waals surface area contributed by atoms with Crippen LogP contribution in [0.3, 0.4) is 0 Å². The van der Waals surface area contributed by atoms with Crippen molar-refractivity contribution in [2.24, 2.45) is 34.5 Å². The number of alkyl halides is 3. The van der Waals surface area contributed by atoms with E-state index in [1.54, 1.807) is 11.9 Å². The number of pyridine rings is 1. The molecule has 6 atom stereocenters. The number of amides is 2. The van der Waals surface area contributed by atoms with Crippen molar-refractivity contribution in [3.63, 3.8) is 0 Å². The van der Waals surface area contributed by atoms with Crippen LogP contribution in [0.25, 0.3) is 0 Å². The molecule has 0 aromatic carbocycles. The number of nitrogens with zero attached hydrogens (tertiary/aromatic N) is 2. The van der Waals surface area contributed by atoms with E-state index in [1.807, 2.05) is 0 Å². The molecule has 3 aliphatic carbocycles. The van der Waals surface area contributed by atoms with E-state index in [-0.39, 0.29) is 17.0 Å². The summed E-state index contributed by atoms with van der Waals surface area (Å²) in [6.07, 6.45) is 2.77. The Morgan fingerprint density at radius 3 is 2.58 bits per heavy atom. The molecule has 1 aromatic heterocycles. The van der Waals surface area contributed by atoms with Gasteiger partial charge in [0.05, 0.1) is 5.69 Å². The molecule has 5 rings (SSSR count). The average molecular weight is 524 g/mol. The molecule has 196 valence electrons. The van der Waals surface area contributed by atoms with E-state index in [1.165, 1.54) is 31.3 Å². The summed E-state index contributed by atoms with van der Waals surface area (Å²) >= 11 is 5.97. The van der Waals surface area contributed by atoms with Crippen LogP contribution < -0.4 is 5.32 Å². The summed E-state index contributed by atoms with van der Waals surface area (Å²) in [5.74, 6) is -0.220. The summed E-state index contributed by atoms with van der Waals surface area (Å²) in [4.78, 5) is 31.8. The molecular formula is C27H33ClF3N3O2. The molecule has 4 aliphatic rings. The first-order chi connectivity index (χ1) is 16.8. The van der Waals surface area contributed by atoms with Crippen LogP contribution in [0.1, 0.15) is 71.4 Å². The van der Waals surface area contributed by atoms with Crippen LogP contribution in [0.15, 0.2) is 23.4 Å². The normalized spacial score (nSPS) is 36.3. The van der Waals surface area contributed by atoms with Crippen LogP contribution in [0, 0.1) is 34.5 Å². The Morgan fingerprint density at radius 2 is 1.92 bits per heavy atom. The van der Waals surface area contributed by atoms with Crippen LogP contribution in [-0.2, 0) is 15.8 Å². The van der Waals surface area contributed by atoms with Gasteiger partial charge in [-0.25, -0.2) is 4.98 Å². The number of likely N-dealkylation sites (tertiary alicyclic amines) is 1. The first-order valence-electron chi connectivity index (χ1n) is 12.8. The van der Waals surface area contributed by atoms with Gasteiger partial charge >= 0.3 is 6.18 Å². The highest BCUT2D eigenvalue weighted by atomic mass is 35.5. The largest absolute Gasteiger partial charge is 0.433 e. The third kappa shape index (κ3) is 3.86. The molecule has 2 amide bonds. The van der Waals surface area contributed by atoms with Crippen LogP contribution in [0.4, 0.5) is 18.9 Å². The summed E-state index contributed by atoms with van der Waals surface area (Å²) in [6.45, 7) is 6.77. The molecular weight excluding hydrogens is 491 g/mol. The molecule has 1 unspecified atom stereocenters. The van der Waals surface area contributed by atoms with E-state index in [0.717, 1.165) is 30.7 Å². The van der Waals surface area contributed by atoms with Crippen molar-refractivity contribution < 1.29 is 22.8 Å². The van der Waals surface area contributed by atoms with Crippen molar-refractivity contribution in [3.8, 4) is 0 Å². The second kappa shape index (κ2) is 8.47. The fourth-order valence-corrected chi connectivity index (χ4v) is 8.55. The first kappa shape index (κ1) is 25.6. The SMILES string of the molecule is CC1=C2N(C)C(=O)C(C(=O)Nc3ccc(C(F)(F)F)nc3Cl)C[C@]2(C)[C@@H]2CC[C@]3(C)CCC[C@H]3[C@@H]2C1. The predicted molar refractivity (Wildman–Crippen MR) is 131 cm³/mol. The number of hydrogen-bond donors (Lipinski definition) is 1. The van der Waals surface area contributed by atoms with Gasteiger partial charge in [0.25, 0.3) is 0 Å². The van der Waals surface area contributed by atoms with Gasteiger partial charge < -0.3 is 10.2 Å². The molecule has 3 fully saturated rings. The van der Waals surface area contributed by atoms with Gasteiger partial charge in [-0.2, -0.15) is 13.2 Å². The molecule has 2 heterocycles. The lowest BCUT2D eigenvalue weighted by Gasteiger charge is -2.59. The van der Waals surface area contributed by atoms with Crippen LogP contribution >= 0.6 is 11.6 Å². The van der Waals surface area contributed by atoms with Crippen molar-refractivity contribution in [1.29, 1.82) is 0 Å². The first-order valence-corrected chi connectivity index (χ1v) is 13.2. The minimum atomic E-state index is -4.64. The number of rotatable bonds is 2. The molecule has 0 spiro atoms. The van der Waals surface area contributed by atoms with Gasteiger partial charge in [-0.3, -0.25) is 9.59 Å². The molecule has 1 saturated heterocycles. The second-order valence-corrected chi connectivity index (χ2v) is 12.2. The Kier molecular flexibility index (Phi) is 6.01. The summed E-state index contributed by atoms with van der Waals surface area (Å²) in [5, 5.41) is 2.13. The standard InChI is InChI=1S/C27H33ClF3N3O2/c1-14-12-15-17-6-5-10-25(17,2)11-9-18(15)26(3)13-16(24(36)34(4)21(14)26)23(35)32-19-7-8-20(27(29,30)31)33-22(19)28/h7-8,15-18H,5-6,9-13H2,1-4H3,(H,32,35)/t15-,16?,17-,18+,25-,26+/m0/s1. The number of carbonyl (C=O) groups is 2. The Balaban J connectivity index is 1.44. The predicted octanol–water partition coefficient (Wildman–Crippen LogP) is 6.69. The maximum absolute atomic E-state index is 13.4. The molecule has 0 radical (unpaired) electrons. The van der Waals surface area contributed by atoms with Crippen LogP contribution in [0.5, 0.6) is 0 Å². The highest BCUT2D eigenvalue weighted by Gasteiger charge is 2.60. The minimum absolute atomic E-state index is 0.0336. The van der Waals surface area contributed by atoms with Crippen LogP contribution in [-0.4, -0.2) is 28.7 Å². The summed E-state index contributed by atoms with van der Waals surface area (Å²) in [6, 6.07) is 1.86. The molecule has 36 heavy (non-hydrogen) atoms. The number of anilines is 1. The Labute approximate surface area is 214 Å². The van der Waals surface area contributed by atoms with E-state index >= 15 is 0 Å². The number of allylic oxidation sites excluding steroid dienone is 2. The van der Waals surface area contributed by atoms with Gasteiger partial charge in [0.2, 0.25) is 11.8 Å². The third-order valence-corrected chi connectivity index (χ3v) is 10.1. The fourth-order valence-electron chi connectivity index (χ4n) is 8.35. The fraction of sp³-hybridized carbons (Fsp3) is 0.667. The second-order valence-electron chi connectivity index (χ2n) is 11.9. The minimum Gasteiger partial charge on any atom is -0.323 e. The molecule has 0 bridgehead atoms. The summed E-state index contributed by atoms with van der Waals surface area (Å²) < 4.78 is 38.9. The Bertz CT molecular complexity index is 1150. The van der Waals surface area contributed by atoms with Gasteiger partial charge in [-0.05, 0) is 80.8 Å². The van der Waals surface area contributed by atoms with Crippen molar-refractivity contribution in [2.45, 2.75) is 71.9 Å². The van der Waals surface area contributed by atoms with Crippen molar-refractivity contribution in [3.05, 3.63) is 34.2 Å². The number of halogens is 4. The maximum Gasteiger partial charge on any atom is 0.433 e. The highest BCUT2D eigenvalue weighted by Crippen LogP contribution is 2.66. The molecule has 9 heteroatoms. The zero-order valence-electron chi connectivity index (χ0n) is 21.1. The van der Waals surface area contributed by atoms with Crippen molar-refractivity contribution >= 4 is 29.1 Å². The molecule has 2 saturated carbocycles. The van der Waals surface area contributed by atoms with Gasteiger partial charge in [0.15, 0.2) is 5.15 Å². The lowest BCUT2D eigenvalue weighted by Crippen LogP contribution is -2.57. The van der Waals surface area contributed by atoms with Crippen molar-refractivity contribution in [1.82, 2.24) is 9.88 Å². The van der Waals surface area contributed by atoms with E-state index in [0.29, 0.717) is 29.6 Å². The monoisotopic (exact) mass is 523 g/mol. The topological polar surface area (TPSA) is 62.3 Å². The molecule has 1 aliphatic heterocycles. The van der Waals surface area contributed by atoms with Crippen molar-refractivity contribution in [2.75, 3.05) is 12.4 Å². The van der Waals surface area contributed by atoms with E-state index in [9.17, 15) is 22.8 Å². The van der Waals surface area contributed by atoms with Gasteiger partial charge in [0.1, 0.15) is 11.6 Å². The Hall–Kier alpha value is -2.09. The molecule has 5 nitrogen and oxygen atoms in total. The third-order valence-electron chi connectivity index (χ3n) is 9.83. The zero-order chi connectivity index (χ0) is 26.2. The Morgan fingerprint density at radius 1 is 1.19 bits per heavy atom. The van der Waals surface area contributed by atoms with E-state index < -0.39 is 28.8 Å². The maximum atomic E-state index is 13.4. The van der Waals surface area contributed by atoms with Gasteiger partial charge in [0, 0.05) is 18.2 Å². The molecule has 1 aromatic rings. The lowest BCUT2D eigenvalue weighted by molar-refractivity contribution is -0.147. The number of aromatic nitrogens is 1. The molecule has 1 N–H and O–H groups in total. The van der Waals surface area contributed by atoms with E-state index in [2.05, 4.69) is 31.1 Å². The van der Waals surface area contributed by atoms with Crippen LogP contribution in [0.2, 0.25) is 5.15 Å². The number of hydrogen-bond acceptors (Lipinski definition) is 3. The number of piperidine rings is 1. The number of nitrogens with one attached hydrogen (secondary N) is 1. The van der Waals surface area contributed by atoms with Gasteiger partial charge in [-0.15, -0.1) is 0 Å². The van der Waals surface area contributed by atoms with Gasteiger partial charge in [-0.1, -0.05) is 37.4 Å². The number of fused-ring (bicyclic) bond motifs is 5. The lowest BCUT2D eigenvalue weighted by atomic mass is 9.48. The van der Waals surface area contributed by atoms with E-state index in [4.69, 9.17) is 11.6 Å². The average Bonchev–Trinajstić information content (AvgIpc) is 3.19. The zero-order valence-corrected chi connectivity index (χ0v) is 21.9. The summed E-state index contributed by atoms with van der Waals surface area (Å²) in [5.41, 5.74) is 1.17. The number of carbonyl (C=O) groups excluding carboxylic acids is 2. The summed E-state index contributed by atoms with van der Waals surface area (Å²) in [7, 11) is 1.74. The smallest absolute Gasteiger partial charge is 0.323 e. The quantitative estimate of drug-likeness (QED) is 0.347. The highest BCUT2D eigenvalue weighted by molar-refractivity contribution is 6.32.